The minimum atomic E-state index is -0.772. The van der Waals surface area contributed by atoms with Crippen molar-refractivity contribution in [3.63, 3.8) is 0 Å². The van der Waals surface area contributed by atoms with Crippen LogP contribution in [0.25, 0.3) is 0 Å². The van der Waals surface area contributed by atoms with Gasteiger partial charge in [0.25, 0.3) is 0 Å². The summed E-state index contributed by atoms with van der Waals surface area (Å²) in [5.74, 6) is 0.710. The molecule has 7 heteroatoms. The molecular weight excluding hydrogens is 454 g/mol. The summed E-state index contributed by atoms with van der Waals surface area (Å²) in [7, 11) is 1.62. The minimum absolute atomic E-state index is 0.103. The summed E-state index contributed by atoms with van der Waals surface area (Å²) in [5, 5.41) is 17.2. The second kappa shape index (κ2) is 16.7. The van der Waals surface area contributed by atoms with Gasteiger partial charge in [-0.1, -0.05) is 56.3 Å². The molecule has 0 aliphatic rings. The number of methoxy groups -OCH3 is 1. The van der Waals surface area contributed by atoms with Gasteiger partial charge < -0.3 is 25.4 Å². The van der Waals surface area contributed by atoms with Crippen LogP contribution in [0, 0.1) is 0 Å². The van der Waals surface area contributed by atoms with Crippen LogP contribution in [0.5, 0.6) is 5.75 Å². The van der Waals surface area contributed by atoms with E-state index >= 15 is 0 Å². The van der Waals surface area contributed by atoms with Gasteiger partial charge >= 0.3 is 0 Å². The number of benzene rings is 2. The highest BCUT2D eigenvalue weighted by Crippen LogP contribution is 2.14. The third kappa shape index (κ3) is 10.8. The van der Waals surface area contributed by atoms with Gasteiger partial charge in [-0.3, -0.25) is 9.59 Å². The van der Waals surface area contributed by atoms with Crippen LogP contribution in [0.15, 0.2) is 54.6 Å². The molecule has 2 aromatic carbocycles. The van der Waals surface area contributed by atoms with E-state index in [1.165, 1.54) is 0 Å². The van der Waals surface area contributed by atoms with Crippen LogP contribution in [0.3, 0.4) is 0 Å². The lowest BCUT2D eigenvalue weighted by Crippen LogP contribution is -2.48. The summed E-state index contributed by atoms with van der Waals surface area (Å²) in [6.45, 7) is 6.61. The predicted octanol–water partition coefficient (Wildman–Crippen LogP) is 3.69. The molecular formula is C29H43N3O4. The maximum absolute atomic E-state index is 12.8. The van der Waals surface area contributed by atoms with Gasteiger partial charge in [-0.05, 0) is 48.9 Å². The number of hydrogen-bond acceptors (Lipinski definition) is 5. The van der Waals surface area contributed by atoms with Crippen LogP contribution >= 0.6 is 0 Å². The van der Waals surface area contributed by atoms with Crippen molar-refractivity contribution in [2.75, 3.05) is 26.7 Å². The topological polar surface area (TPSA) is 90.9 Å². The fourth-order valence-corrected chi connectivity index (χ4v) is 4.14. The molecule has 2 aromatic rings. The van der Waals surface area contributed by atoms with Gasteiger partial charge in [-0.25, -0.2) is 0 Å². The average Bonchev–Trinajstić information content (AvgIpc) is 2.89. The third-order valence-corrected chi connectivity index (χ3v) is 6.09. The van der Waals surface area contributed by atoms with Crippen molar-refractivity contribution in [3.8, 4) is 5.75 Å². The fraction of sp³-hybridized carbons (Fsp3) is 0.517. The van der Waals surface area contributed by atoms with Crippen LogP contribution in [0.1, 0.15) is 57.1 Å². The van der Waals surface area contributed by atoms with Gasteiger partial charge in [0.15, 0.2) is 0 Å². The molecule has 0 heterocycles. The molecule has 0 aliphatic heterocycles. The number of carbonyl (C=O) groups excluding carboxylic acids is 2. The van der Waals surface area contributed by atoms with E-state index in [-0.39, 0.29) is 18.2 Å². The van der Waals surface area contributed by atoms with Crippen molar-refractivity contribution in [3.05, 3.63) is 65.7 Å². The Hall–Kier alpha value is -2.90. The van der Waals surface area contributed by atoms with Crippen molar-refractivity contribution in [2.45, 2.75) is 71.1 Å². The highest BCUT2D eigenvalue weighted by molar-refractivity contribution is 5.79. The normalized spacial score (nSPS) is 12.6. The summed E-state index contributed by atoms with van der Waals surface area (Å²) < 4.78 is 5.23. The number of hydrogen-bond donors (Lipinski definition) is 3. The van der Waals surface area contributed by atoms with Crippen molar-refractivity contribution >= 4 is 11.8 Å². The number of rotatable bonds is 17. The van der Waals surface area contributed by atoms with Crippen molar-refractivity contribution < 1.29 is 19.4 Å². The van der Waals surface area contributed by atoms with Crippen LogP contribution < -0.4 is 15.4 Å². The first-order valence-electron chi connectivity index (χ1n) is 13.1. The number of aliphatic hydroxyl groups is 1. The predicted molar refractivity (Wildman–Crippen MR) is 144 cm³/mol. The van der Waals surface area contributed by atoms with E-state index < -0.39 is 12.1 Å². The lowest BCUT2D eigenvalue weighted by molar-refractivity contribution is -0.131. The Labute approximate surface area is 216 Å². The van der Waals surface area contributed by atoms with Gasteiger partial charge in [-0.2, -0.15) is 0 Å². The zero-order valence-electron chi connectivity index (χ0n) is 22.0. The molecule has 0 saturated carbocycles. The molecule has 7 nitrogen and oxygen atoms in total. The molecule has 0 fully saturated rings. The Morgan fingerprint density at radius 1 is 0.944 bits per heavy atom. The van der Waals surface area contributed by atoms with Gasteiger partial charge in [0, 0.05) is 39.0 Å². The Balaban J connectivity index is 1.92. The SMILES string of the molecule is CCCN(CCC)C(=O)CCCC(=O)N[C@@H](Cc1ccc(OC)cc1)[C@H](O)CNCc1ccccc1. The highest BCUT2D eigenvalue weighted by Gasteiger charge is 2.22. The quantitative estimate of drug-likeness (QED) is 0.310. The van der Waals surface area contributed by atoms with Crippen molar-refractivity contribution in [1.29, 1.82) is 0 Å². The molecule has 2 rings (SSSR count). The Kier molecular flexibility index (Phi) is 13.6. The largest absolute Gasteiger partial charge is 0.497 e. The summed E-state index contributed by atoms with van der Waals surface area (Å²) in [4.78, 5) is 27.1. The Morgan fingerprint density at radius 2 is 1.61 bits per heavy atom. The molecule has 0 aliphatic carbocycles. The van der Waals surface area contributed by atoms with E-state index in [0.717, 1.165) is 42.8 Å². The van der Waals surface area contributed by atoms with Gasteiger partial charge in [0.1, 0.15) is 5.75 Å². The van der Waals surface area contributed by atoms with E-state index in [2.05, 4.69) is 24.5 Å². The zero-order chi connectivity index (χ0) is 26.2. The van der Waals surface area contributed by atoms with Gasteiger partial charge in [0.05, 0.1) is 19.3 Å². The van der Waals surface area contributed by atoms with E-state index in [9.17, 15) is 14.7 Å². The summed E-state index contributed by atoms with van der Waals surface area (Å²) in [5.41, 5.74) is 2.12. The van der Waals surface area contributed by atoms with Crippen LogP contribution in [0.2, 0.25) is 0 Å². The lowest BCUT2D eigenvalue weighted by Gasteiger charge is -2.25. The van der Waals surface area contributed by atoms with Crippen LogP contribution in [-0.2, 0) is 22.6 Å². The average molecular weight is 498 g/mol. The first-order chi connectivity index (χ1) is 17.5. The number of nitrogens with zero attached hydrogens (tertiary/aromatic N) is 1. The summed E-state index contributed by atoms with van der Waals surface area (Å²) in [6.07, 6.45) is 2.67. The highest BCUT2D eigenvalue weighted by atomic mass is 16.5. The molecule has 0 aromatic heterocycles. The molecule has 3 N–H and O–H groups in total. The molecule has 0 unspecified atom stereocenters. The van der Waals surface area contributed by atoms with E-state index in [1.807, 2.05) is 59.5 Å². The number of ether oxygens (including phenoxy) is 1. The smallest absolute Gasteiger partial charge is 0.222 e. The second-order valence-electron chi connectivity index (χ2n) is 9.14. The number of amides is 2. The second-order valence-corrected chi connectivity index (χ2v) is 9.14. The van der Waals surface area contributed by atoms with E-state index in [0.29, 0.717) is 32.4 Å². The molecule has 0 spiro atoms. The number of aliphatic hydroxyl groups excluding tert-OH is 1. The molecule has 2 amide bonds. The zero-order valence-corrected chi connectivity index (χ0v) is 22.0. The molecule has 2 atom stereocenters. The van der Waals surface area contributed by atoms with Crippen LogP contribution in [-0.4, -0.2) is 60.7 Å². The van der Waals surface area contributed by atoms with Gasteiger partial charge in [0.2, 0.25) is 11.8 Å². The third-order valence-electron chi connectivity index (χ3n) is 6.09. The maximum Gasteiger partial charge on any atom is 0.222 e. The van der Waals surface area contributed by atoms with Crippen molar-refractivity contribution in [1.82, 2.24) is 15.5 Å². The molecule has 198 valence electrons. The van der Waals surface area contributed by atoms with E-state index in [1.54, 1.807) is 7.11 Å². The lowest BCUT2D eigenvalue weighted by atomic mass is 10.00. The van der Waals surface area contributed by atoms with Crippen molar-refractivity contribution in [2.24, 2.45) is 0 Å². The number of carbonyl (C=O) groups is 2. The first-order valence-corrected chi connectivity index (χ1v) is 13.1. The minimum Gasteiger partial charge on any atom is -0.497 e. The summed E-state index contributed by atoms with van der Waals surface area (Å²) in [6, 6.07) is 17.2. The molecule has 36 heavy (non-hydrogen) atoms. The monoisotopic (exact) mass is 497 g/mol. The Morgan fingerprint density at radius 3 is 2.22 bits per heavy atom. The molecule has 0 bridgehead atoms. The van der Waals surface area contributed by atoms with Gasteiger partial charge in [-0.15, -0.1) is 0 Å². The summed E-state index contributed by atoms with van der Waals surface area (Å²) >= 11 is 0. The number of nitrogens with one attached hydrogen (secondary N) is 2. The molecule has 0 radical (unpaired) electrons. The maximum atomic E-state index is 12.8. The van der Waals surface area contributed by atoms with Crippen LogP contribution in [0.4, 0.5) is 0 Å². The van der Waals surface area contributed by atoms with E-state index in [4.69, 9.17) is 4.74 Å². The standard InChI is InChI=1S/C29H43N3O4/c1-4-18-32(19-5-2)29(35)13-9-12-28(34)31-26(20-23-14-16-25(36-3)17-15-23)27(33)22-30-21-24-10-7-6-8-11-24/h6-8,10-11,14-17,26-27,30,33H,4-5,9,12-13,18-22H2,1-3H3,(H,31,34)/t26-,27+/m0/s1. The first kappa shape index (κ1) is 29.3. The fourth-order valence-electron chi connectivity index (χ4n) is 4.14. The molecule has 0 saturated heterocycles. The Bertz CT molecular complexity index is 883.